The minimum absolute atomic E-state index is 0.0342. The van der Waals surface area contributed by atoms with Crippen molar-refractivity contribution in [2.24, 2.45) is 0 Å². The molecule has 172 valence electrons. The molecule has 1 N–H and O–H groups in total. The summed E-state index contributed by atoms with van der Waals surface area (Å²) in [5, 5.41) is 3.90. The van der Waals surface area contributed by atoms with Crippen molar-refractivity contribution in [1.82, 2.24) is 10.3 Å². The maximum Gasteiger partial charge on any atom is 0.258 e. The lowest BCUT2D eigenvalue weighted by molar-refractivity contribution is -0.123. The monoisotopic (exact) mass is 446 g/mol. The van der Waals surface area contributed by atoms with Crippen molar-refractivity contribution in [3.8, 4) is 5.75 Å². The summed E-state index contributed by atoms with van der Waals surface area (Å²) in [6.45, 7) is 4.99. The molecule has 2 aliphatic rings. The number of anilines is 2. The molecule has 1 amide bonds. The van der Waals surface area contributed by atoms with Crippen LogP contribution in [-0.2, 0) is 9.53 Å². The third-order valence-corrected chi connectivity index (χ3v) is 6.30. The predicted octanol–water partition coefficient (Wildman–Crippen LogP) is 3.24. The van der Waals surface area contributed by atoms with Crippen LogP contribution in [0.25, 0.3) is 10.9 Å². The first kappa shape index (κ1) is 21.5. The van der Waals surface area contributed by atoms with Gasteiger partial charge in [-0.05, 0) is 43.2 Å². The summed E-state index contributed by atoms with van der Waals surface area (Å²) in [5.74, 6) is 1.43. The second kappa shape index (κ2) is 10.1. The topological polar surface area (TPSA) is 66.9 Å². The zero-order chi connectivity index (χ0) is 22.5. The van der Waals surface area contributed by atoms with Gasteiger partial charge in [-0.15, -0.1) is 0 Å². The number of hydrogen-bond donors (Lipinski definition) is 1. The molecular weight excluding hydrogens is 416 g/mol. The summed E-state index contributed by atoms with van der Waals surface area (Å²) in [6.07, 6.45) is 2.18. The SMILES string of the molecule is O=C(COc1cccc2ccc(N3CCN(c4ccccc4)CC3)nc12)NC[C@H]1CCCO1. The van der Waals surface area contributed by atoms with E-state index in [2.05, 4.69) is 51.5 Å². The molecule has 0 unspecified atom stereocenters. The molecule has 0 radical (unpaired) electrons. The van der Waals surface area contributed by atoms with E-state index in [-0.39, 0.29) is 18.6 Å². The molecule has 0 aliphatic carbocycles. The normalized spacial score (nSPS) is 18.5. The summed E-state index contributed by atoms with van der Waals surface area (Å²) in [4.78, 5) is 21.9. The number of nitrogens with one attached hydrogen (secondary N) is 1. The molecule has 2 fully saturated rings. The number of carbonyl (C=O) groups is 1. The Morgan fingerprint density at radius 1 is 1.00 bits per heavy atom. The van der Waals surface area contributed by atoms with Crippen molar-refractivity contribution in [2.75, 3.05) is 55.7 Å². The van der Waals surface area contributed by atoms with Crippen molar-refractivity contribution in [2.45, 2.75) is 18.9 Å². The highest BCUT2D eigenvalue weighted by molar-refractivity contribution is 5.86. The van der Waals surface area contributed by atoms with E-state index in [1.807, 2.05) is 24.3 Å². The molecule has 2 saturated heterocycles. The standard InChI is InChI=1S/C26H30N4O3/c31-25(27-18-22-9-5-17-32-22)19-33-23-10-4-6-20-11-12-24(28-26(20)23)30-15-13-29(14-16-30)21-7-2-1-3-8-21/h1-4,6-8,10-12,22H,5,9,13-19H2,(H,27,31)/t22-/m1/s1. The summed E-state index contributed by atoms with van der Waals surface area (Å²) in [5.41, 5.74) is 2.05. The molecule has 7 heteroatoms. The third-order valence-electron chi connectivity index (χ3n) is 6.30. The van der Waals surface area contributed by atoms with E-state index in [9.17, 15) is 4.79 Å². The maximum atomic E-state index is 12.2. The minimum Gasteiger partial charge on any atom is -0.481 e. The molecule has 7 nitrogen and oxygen atoms in total. The number of amides is 1. The zero-order valence-electron chi connectivity index (χ0n) is 18.8. The molecule has 3 heterocycles. The number of rotatable bonds is 7. The van der Waals surface area contributed by atoms with Crippen molar-refractivity contribution >= 4 is 28.3 Å². The van der Waals surface area contributed by atoms with Gasteiger partial charge >= 0.3 is 0 Å². The van der Waals surface area contributed by atoms with Crippen LogP contribution in [0.4, 0.5) is 11.5 Å². The molecule has 2 aliphatic heterocycles. The van der Waals surface area contributed by atoms with E-state index in [0.29, 0.717) is 12.3 Å². The van der Waals surface area contributed by atoms with Gasteiger partial charge < -0.3 is 24.6 Å². The quantitative estimate of drug-likeness (QED) is 0.601. The van der Waals surface area contributed by atoms with E-state index < -0.39 is 0 Å². The number of para-hydroxylation sites is 2. The summed E-state index contributed by atoms with van der Waals surface area (Å²) in [6, 6.07) is 20.5. The fourth-order valence-electron chi connectivity index (χ4n) is 4.46. The van der Waals surface area contributed by atoms with E-state index in [1.165, 1.54) is 5.69 Å². The lowest BCUT2D eigenvalue weighted by Gasteiger charge is -2.36. The summed E-state index contributed by atoms with van der Waals surface area (Å²) >= 11 is 0. The summed E-state index contributed by atoms with van der Waals surface area (Å²) in [7, 11) is 0. The van der Waals surface area contributed by atoms with Crippen molar-refractivity contribution < 1.29 is 14.3 Å². The van der Waals surface area contributed by atoms with Crippen LogP contribution in [0.15, 0.2) is 60.7 Å². The van der Waals surface area contributed by atoms with Crippen LogP contribution in [0.1, 0.15) is 12.8 Å². The molecule has 0 spiro atoms. The van der Waals surface area contributed by atoms with Gasteiger partial charge in [0.1, 0.15) is 17.1 Å². The Hall–Kier alpha value is -3.32. The highest BCUT2D eigenvalue weighted by atomic mass is 16.5. The van der Waals surface area contributed by atoms with Gasteiger partial charge in [0, 0.05) is 50.4 Å². The van der Waals surface area contributed by atoms with Gasteiger partial charge in [0.05, 0.1) is 6.10 Å². The molecule has 5 rings (SSSR count). The van der Waals surface area contributed by atoms with Gasteiger partial charge in [-0.3, -0.25) is 4.79 Å². The van der Waals surface area contributed by atoms with Gasteiger partial charge in [-0.25, -0.2) is 4.98 Å². The van der Waals surface area contributed by atoms with Gasteiger partial charge in [0.2, 0.25) is 0 Å². The Morgan fingerprint density at radius 2 is 1.82 bits per heavy atom. The van der Waals surface area contributed by atoms with Gasteiger partial charge in [-0.1, -0.05) is 30.3 Å². The number of aromatic nitrogens is 1. The lowest BCUT2D eigenvalue weighted by atomic mass is 10.2. The van der Waals surface area contributed by atoms with Gasteiger partial charge in [0.15, 0.2) is 6.61 Å². The first-order chi connectivity index (χ1) is 16.3. The Bertz CT molecular complexity index is 1080. The molecule has 3 aromatic rings. The largest absolute Gasteiger partial charge is 0.481 e. The minimum atomic E-state index is -0.143. The fourth-order valence-corrected chi connectivity index (χ4v) is 4.46. The van der Waals surface area contributed by atoms with E-state index >= 15 is 0 Å². The van der Waals surface area contributed by atoms with E-state index in [1.54, 1.807) is 0 Å². The number of fused-ring (bicyclic) bond motifs is 1. The van der Waals surface area contributed by atoms with Crippen LogP contribution in [0, 0.1) is 0 Å². The van der Waals surface area contributed by atoms with Crippen molar-refractivity contribution in [3.63, 3.8) is 0 Å². The molecular formula is C26H30N4O3. The third kappa shape index (κ3) is 5.20. The zero-order valence-corrected chi connectivity index (χ0v) is 18.8. The number of carbonyl (C=O) groups excluding carboxylic acids is 1. The predicted molar refractivity (Wildman–Crippen MR) is 130 cm³/mol. The number of nitrogens with zero attached hydrogens (tertiary/aromatic N) is 3. The maximum absolute atomic E-state index is 12.2. The summed E-state index contributed by atoms with van der Waals surface area (Å²) < 4.78 is 11.4. The Labute approximate surface area is 194 Å². The molecule has 1 aromatic heterocycles. The van der Waals surface area contributed by atoms with Crippen LogP contribution in [0.2, 0.25) is 0 Å². The average Bonchev–Trinajstić information content (AvgIpc) is 3.40. The van der Waals surface area contributed by atoms with Crippen LogP contribution in [-0.4, -0.2) is 62.9 Å². The molecule has 1 atom stereocenters. The van der Waals surface area contributed by atoms with Crippen LogP contribution in [0.3, 0.4) is 0 Å². The van der Waals surface area contributed by atoms with Crippen molar-refractivity contribution in [3.05, 3.63) is 60.7 Å². The molecule has 33 heavy (non-hydrogen) atoms. The highest BCUT2D eigenvalue weighted by Crippen LogP contribution is 2.27. The number of hydrogen-bond acceptors (Lipinski definition) is 6. The molecule has 2 aromatic carbocycles. The van der Waals surface area contributed by atoms with E-state index in [0.717, 1.165) is 62.3 Å². The van der Waals surface area contributed by atoms with Gasteiger partial charge in [0.25, 0.3) is 5.91 Å². The van der Waals surface area contributed by atoms with E-state index in [4.69, 9.17) is 14.5 Å². The first-order valence-electron chi connectivity index (χ1n) is 11.7. The van der Waals surface area contributed by atoms with Crippen molar-refractivity contribution in [1.29, 1.82) is 0 Å². The number of piperazine rings is 1. The second-order valence-electron chi connectivity index (χ2n) is 8.53. The lowest BCUT2D eigenvalue weighted by Crippen LogP contribution is -2.46. The fraction of sp³-hybridized carbons (Fsp3) is 0.385. The Kier molecular flexibility index (Phi) is 6.58. The van der Waals surface area contributed by atoms with Crippen LogP contribution in [0.5, 0.6) is 5.75 Å². The average molecular weight is 447 g/mol. The Morgan fingerprint density at radius 3 is 2.61 bits per heavy atom. The number of pyridine rings is 1. The highest BCUT2D eigenvalue weighted by Gasteiger charge is 2.19. The van der Waals surface area contributed by atoms with Crippen LogP contribution >= 0.6 is 0 Å². The first-order valence-corrected chi connectivity index (χ1v) is 11.7. The van der Waals surface area contributed by atoms with Gasteiger partial charge in [-0.2, -0.15) is 0 Å². The number of ether oxygens (including phenoxy) is 2. The molecule has 0 saturated carbocycles. The molecule has 0 bridgehead atoms. The number of benzene rings is 2. The second-order valence-corrected chi connectivity index (χ2v) is 8.53. The smallest absolute Gasteiger partial charge is 0.258 e. The Balaban J connectivity index is 1.22. The van der Waals surface area contributed by atoms with Crippen LogP contribution < -0.4 is 19.9 Å².